The van der Waals surface area contributed by atoms with Gasteiger partial charge in [0.25, 0.3) is 0 Å². The standard InChI is InChI=1S/C13H28N2O/c1-12(13-7-10-16-11-13)15-9-6-4-2-3-5-8-14/h12-13,15H,2-11,14H2,1H3. The number of nitrogens with two attached hydrogens (primary N) is 1. The molecule has 3 N–H and O–H groups in total. The van der Waals surface area contributed by atoms with Crippen molar-refractivity contribution in [2.75, 3.05) is 26.3 Å². The van der Waals surface area contributed by atoms with Gasteiger partial charge in [0, 0.05) is 12.6 Å². The summed E-state index contributed by atoms with van der Waals surface area (Å²) in [5.41, 5.74) is 5.45. The van der Waals surface area contributed by atoms with Gasteiger partial charge in [-0.15, -0.1) is 0 Å². The number of unbranched alkanes of at least 4 members (excludes halogenated alkanes) is 4. The second kappa shape index (κ2) is 8.97. The van der Waals surface area contributed by atoms with Crippen molar-refractivity contribution >= 4 is 0 Å². The van der Waals surface area contributed by atoms with Gasteiger partial charge >= 0.3 is 0 Å². The molecule has 2 atom stereocenters. The first-order valence-corrected chi connectivity index (χ1v) is 6.86. The first-order chi connectivity index (χ1) is 7.84. The van der Waals surface area contributed by atoms with E-state index in [2.05, 4.69) is 12.2 Å². The molecule has 1 aliphatic rings. The molecule has 0 amide bonds. The van der Waals surface area contributed by atoms with Crippen LogP contribution >= 0.6 is 0 Å². The summed E-state index contributed by atoms with van der Waals surface area (Å²) in [6, 6.07) is 0.617. The molecule has 1 rings (SSSR count). The van der Waals surface area contributed by atoms with E-state index in [1.165, 1.54) is 38.5 Å². The minimum absolute atomic E-state index is 0.617. The Morgan fingerprint density at radius 3 is 2.69 bits per heavy atom. The van der Waals surface area contributed by atoms with Gasteiger partial charge in [-0.05, 0) is 45.2 Å². The van der Waals surface area contributed by atoms with Crippen molar-refractivity contribution in [3.63, 3.8) is 0 Å². The summed E-state index contributed by atoms with van der Waals surface area (Å²) >= 11 is 0. The number of nitrogens with one attached hydrogen (secondary N) is 1. The maximum Gasteiger partial charge on any atom is 0.0509 e. The van der Waals surface area contributed by atoms with Crippen molar-refractivity contribution in [1.82, 2.24) is 5.32 Å². The van der Waals surface area contributed by atoms with Crippen LogP contribution in [0.25, 0.3) is 0 Å². The normalized spacial score (nSPS) is 22.5. The van der Waals surface area contributed by atoms with Crippen molar-refractivity contribution in [2.24, 2.45) is 11.7 Å². The molecule has 2 unspecified atom stereocenters. The second-order valence-electron chi connectivity index (χ2n) is 4.92. The quantitative estimate of drug-likeness (QED) is 0.593. The van der Waals surface area contributed by atoms with E-state index in [4.69, 9.17) is 10.5 Å². The zero-order valence-electron chi connectivity index (χ0n) is 10.7. The van der Waals surface area contributed by atoms with Gasteiger partial charge in [-0.1, -0.05) is 19.3 Å². The first-order valence-electron chi connectivity index (χ1n) is 6.86. The lowest BCUT2D eigenvalue weighted by atomic mass is 10.0. The van der Waals surface area contributed by atoms with E-state index < -0.39 is 0 Å². The highest BCUT2D eigenvalue weighted by atomic mass is 16.5. The minimum atomic E-state index is 0.617. The summed E-state index contributed by atoms with van der Waals surface area (Å²) in [6.45, 7) is 6.19. The van der Waals surface area contributed by atoms with E-state index >= 15 is 0 Å². The molecule has 0 aromatic rings. The van der Waals surface area contributed by atoms with Crippen molar-refractivity contribution in [2.45, 2.75) is 51.5 Å². The Kier molecular flexibility index (Phi) is 7.81. The van der Waals surface area contributed by atoms with Crippen LogP contribution < -0.4 is 11.1 Å². The van der Waals surface area contributed by atoms with E-state index in [1.807, 2.05) is 0 Å². The third-order valence-electron chi connectivity index (χ3n) is 3.52. The third-order valence-corrected chi connectivity index (χ3v) is 3.52. The fraction of sp³-hybridized carbons (Fsp3) is 1.00. The monoisotopic (exact) mass is 228 g/mol. The topological polar surface area (TPSA) is 47.3 Å². The van der Waals surface area contributed by atoms with Crippen LogP contribution in [-0.2, 0) is 4.74 Å². The SMILES string of the molecule is CC(NCCCCCCCN)C1CCOC1. The van der Waals surface area contributed by atoms with E-state index in [0.717, 1.165) is 32.2 Å². The molecular weight excluding hydrogens is 200 g/mol. The molecular formula is C13H28N2O. The van der Waals surface area contributed by atoms with E-state index in [0.29, 0.717) is 6.04 Å². The molecule has 0 aromatic carbocycles. The predicted octanol–water partition coefficient (Wildman–Crippen LogP) is 1.91. The minimum Gasteiger partial charge on any atom is -0.381 e. The second-order valence-corrected chi connectivity index (χ2v) is 4.92. The van der Waals surface area contributed by atoms with Crippen LogP contribution in [0.3, 0.4) is 0 Å². The third kappa shape index (κ3) is 5.83. The first kappa shape index (κ1) is 13.9. The molecule has 1 heterocycles. The number of rotatable bonds is 9. The smallest absolute Gasteiger partial charge is 0.0509 e. The molecule has 16 heavy (non-hydrogen) atoms. The Balaban J connectivity index is 1.86. The zero-order chi connectivity index (χ0) is 11.6. The van der Waals surface area contributed by atoms with Crippen molar-refractivity contribution in [3.8, 4) is 0 Å². The van der Waals surface area contributed by atoms with E-state index in [-0.39, 0.29) is 0 Å². The highest BCUT2D eigenvalue weighted by Crippen LogP contribution is 2.16. The molecule has 1 aliphatic heterocycles. The Morgan fingerprint density at radius 2 is 2.00 bits per heavy atom. The maximum atomic E-state index is 5.45. The van der Waals surface area contributed by atoms with Crippen LogP contribution in [0.2, 0.25) is 0 Å². The molecule has 3 heteroatoms. The summed E-state index contributed by atoms with van der Waals surface area (Å²) in [4.78, 5) is 0. The van der Waals surface area contributed by atoms with Crippen LogP contribution in [0.15, 0.2) is 0 Å². The zero-order valence-corrected chi connectivity index (χ0v) is 10.7. The Morgan fingerprint density at radius 1 is 1.25 bits per heavy atom. The van der Waals surface area contributed by atoms with Gasteiger partial charge in [0.05, 0.1) is 6.61 Å². The highest BCUT2D eigenvalue weighted by Gasteiger charge is 2.21. The number of ether oxygens (including phenoxy) is 1. The summed E-state index contributed by atoms with van der Waals surface area (Å²) in [7, 11) is 0. The summed E-state index contributed by atoms with van der Waals surface area (Å²) in [6.07, 6.45) is 7.67. The van der Waals surface area contributed by atoms with Crippen molar-refractivity contribution < 1.29 is 4.74 Å². The molecule has 0 spiro atoms. The van der Waals surface area contributed by atoms with Crippen LogP contribution in [-0.4, -0.2) is 32.3 Å². The van der Waals surface area contributed by atoms with E-state index in [9.17, 15) is 0 Å². The largest absolute Gasteiger partial charge is 0.381 e. The summed E-state index contributed by atoms with van der Waals surface area (Å²) in [5, 5.41) is 3.61. The van der Waals surface area contributed by atoms with Gasteiger partial charge in [0.15, 0.2) is 0 Å². The van der Waals surface area contributed by atoms with Crippen LogP contribution in [0.5, 0.6) is 0 Å². The van der Waals surface area contributed by atoms with E-state index in [1.54, 1.807) is 0 Å². The molecule has 1 saturated heterocycles. The molecule has 0 aromatic heterocycles. The van der Waals surface area contributed by atoms with Gasteiger partial charge in [-0.2, -0.15) is 0 Å². The molecule has 0 aliphatic carbocycles. The molecule has 0 bridgehead atoms. The molecule has 96 valence electrons. The van der Waals surface area contributed by atoms with Crippen molar-refractivity contribution in [1.29, 1.82) is 0 Å². The lowest BCUT2D eigenvalue weighted by Crippen LogP contribution is -2.34. The average Bonchev–Trinajstić information content (AvgIpc) is 2.81. The molecule has 1 fully saturated rings. The van der Waals surface area contributed by atoms with Gasteiger partial charge in [0.1, 0.15) is 0 Å². The number of hydrogen-bond donors (Lipinski definition) is 2. The Labute approximate surface area is 100 Å². The van der Waals surface area contributed by atoms with Gasteiger partial charge in [-0.25, -0.2) is 0 Å². The average molecular weight is 228 g/mol. The number of hydrogen-bond acceptors (Lipinski definition) is 3. The van der Waals surface area contributed by atoms with Gasteiger partial charge in [0.2, 0.25) is 0 Å². The summed E-state index contributed by atoms with van der Waals surface area (Å²) in [5.74, 6) is 0.734. The molecule has 0 saturated carbocycles. The molecule has 0 radical (unpaired) electrons. The van der Waals surface area contributed by atoms with Crippen molar-refractivity contribution in [3.05, 3.63) is 0 Å². The lowest BCUT2D eigenvalue weighted by Gasteiger charge is -2.19. The van der Waals surface area contributed by atoms with Crippen LogP contribution in [0, 0.1) is 5.92 Å². The maximum absolute atomic E-state index is 5.45. The Hall–Kier alpha value is -0.120. The Bertz CT molecular complexity index is 158. The summed E-state index contributed by atoms with van der Waals surface area (Å²) < 4.78 is 5.40. The van der Waals surface area contributed by atoms with Crippen LogP contribution in [0.4, 0.5) is 0 Å². The van der Waals surface area contributed by atoms with Crippen LogP contribution in [0.1, 0.15) is 45.4 Å². The predicted molar refractivity (Wildman–Crippen MR) is 68.5 cm³/mol. The highest BCUT2D eigenvalue weighted by molar-refractivity contribution is 4.75. The lowest BCUT2D eigenvalue weighted by molar-refractivity contribution is 0.178. The van der Waals surface area contributed by atoms with Gasteiger partial charge in [-0.3, -0.25) is 0 Å². The fourth-order valence-corrected chi connectivity index (χ4v) is 2.24. The van der Waals surface area contributed by atoms with Gasteiger partial charge < -0.3 is 15.8 Å². The molecule has 3 nitrogen and oxygen atoms in total. The fourth-order valence-electron chi connectivity index (χ4n) is 2.24.